The van der Waals surface area contributed by atoms with Gasteiger partial charge < -0.3 is 15.5 Å². The lowest BCUT2D eigenvalue weighted by Crippen LogP contribution is -2.55. The standard InChI is InChI=1S/C17H24ClN5O2S.HI/c1-3-19-15(20-10-12-4-5-13(18)26-12)23-8-6-11(7-9-23)17(2)14(24)21-16(25)22-17;/h4-5,11H,3,6-10H2,1-2H3,(H,19,20)(H2,21,22,24,25);1H. The number of hydrogen-bond acceptors (Lipinski definition) is 4. The first-order chi connectivity index (χ1) is 12.4. The zero-order valence-electron chi connectivity index (χ0n) is 15.4. The smallest absolute Gasteiger partial charge is 0.322 e. The first-order valence-electron chi connectivity index (χ1n) is 8.83. The lowest BCUT2D eigenvalue weighted by atomic mass is 9.79. The van der Waals surface area contributed by atoms with Gasteiger partial charge in [-0.05, 0) is 44.7 Å². The fourth-order valence-corrected chi connectivity index (χ4v) is 4.54. The van der Waals surface area contributed by atoms with Gasteiger partial charge in [0.15, 0.2) is 5.96 Å². The molecule has 3 N–H and O–H groups in total. The van der Waals surface area contributed by atoms with Crippen molar-refractivity contribution in [2.45, 2.75) is 38.8 Å². The lowest BCUT2D eigenvalue weighted by molar-refractivity contribution is -0.125. The number of nitrogens with zero attached hydrogens (tertiary/aromatic N) is 2. The summed E-state index contributed by atoms with van der Waals surface area (Å²) in [5.74, 6) is 0.765. The van der Waals surface area contributed by atoms with Gasteiger partial charge in [0.25, 0.3) is 5.91 Å². The topological polar surface area (TPSA) is 85.8 Å². The van der Waals surface area contributed by atoms with Crippen molar-refractivity contribution in [3.05, 3.63) is 21.3 Å². The van der Waals surface area contributed by atoms with Gasteiger partial charge >= 0.3 is 6.03 Å². The van der Waals surface area contributed by atoms with Crippen LogP contribution in [0.1, 0.15) is 31.6 Å². The van der Waals surface area contributed by atoms with E-state index in [1.807, 2.05) is 26.0 Å². The number of imide groups is 1. The molecule has 0 aromatic carbocycles. The monoisotopic (exact) mass is 525 g/mol. The summed E-state index contributed by atoms with van der Waals surface area (Å²) in [4.78, 5) is 31.7. The number of carbonyl (C=O) groups excluding carboxylic acids is 2. The maximum Gasteiger partial charge on any atom is 0.322 e. The molecule has 10 heteroatoms. The number of likely N-dealkylation sites (tertiary alicyclic amines) is 1. The fraction of sp³-hybridized carbons (Fsp3) is 0.588. The van der Waals surface area contributed by atoms with Gasteiger partial charge in [-0.25, -0.2) is 9.79 Å². The Balaban J connectivity index is 0.00000261. The number of hydrogen-bond donors (Lipinski definition) is 3. The normalized spacial score (nSPS) is 23.7. The number of guanidine groups is 1. The number of aliphatic imine (C=N–C) groups is 1. The molecule has 7 nitrogen and oxygen atoms in total. The molecule has 0 aliphatic carbocycles. The molecule has 1 aromatic rings. The van der Waals surface area contributed by atoms with E-state index in [1.54, 1.807) is 0 Å². The number of urea groups is 1. The third-order valence-electron chi connectivity index (χ3n) is 5.03. The third-order valence-corrected chi connectivity index (χ3v) is 6.25. The van der Waals surface area contributed by atoms with E-state index in [-0.39, 0.29) is 35.8 Å². The summed E-state index contributed by atoms with van der Waals surface area (Å²) in [7, 11) is 0. The van der Waals surface area contributed by atoms with E-state index in [2.05, 4.69) is 20.9 Å². The van der Waals surface area contributed by atoms with E-state index >= 15 is 0 Å². The minimum Gasteiger partial charge on any atom is -0.357 e. The number of rotatable bonds is 4. The van der Waals surface area contributed by atoms with Crippen LogP contribution in [0.5, 0.6) is 0 Å². The molecule has 3 rings (SSSR count). The van der Waals surface area contributed by atoms with Crippen LogP contribution in [0, 0.1) is 5.92 Å². The van der Waals surface area contributed by atoms with Gasteiger partial charge in [-0.2, -0.15) is 0 Å². The molecule has 2 fully saturated rings. The zero-order valence-corrected chi connectivity index (χ0v) is 19.3. The Hall–Kier alpha value is -1.07. The van der Waals surface area contributed by atoms with Gasteiger partial charge in [0.05, 0.1) is 10.9 Å². The van der Waals surface area contributed by atoms with Gasteiger partial charge in [-0.3, -0.25) is 10.1 Å². The predicted octanol–water partition coefficient (Wildman–Crippen LogP) is 2.80. The predicted molar refractivity (Wildman–Crippen MR) is 119 cm³/mol. The average Bonchev–Trinajstić information content (AvgIpc) is 3.14. The van der Waals surface area contributed by atoms with E-state index in [0.29, 0.717) is 6.54 Å². The van der Waals surface area contributed by atoms with Gasteiger partial charge in [-0.1, -0.05) is 11.6 Å². The molecule has 2 saturated heterocycles. The van der Waals surface area contributed by atoms with Crippen LogP contribution in [-0.4, -0.2) is 48.0 Å². The van der Waals surface area contributed by atoms with Crippen molar-refractivity contribution in [3.63, 3.8) is 0 Å². The summed E-state index contributed by atoms with van der Waals surface area (Å²) in [6.07, 6.45) is 1.64. The minimum atomic E-state index is -0.813. The second kappa shape index (κ2) is 9.42. The van der Waals surface area contributed by atoms with Crippen molar-refractivity contribution in [1.29, 1.82) is 0 Å². The highest BCUT2D eigenvalue weighted by Gasteiger charge is 2.48. The zero-order chi connectivity index (χ0) is 18.7. The van der Waals surface area contributed by atoms with Crippen molar-refractivity contribution in [3.8, 4) is 0 Å². The summed E-state index contributed by atoms with van der Waals surface area (Å²) in [6, 6.07) is 3.48. The fourth-order valence-electron chi connectivity index (χ4n) is 3.53. The summed E-state index contributed by atoms with van der Waals surface area (Å²) >= 11 is 7.52. The maximum absolute atomic E-state index is 12.1. The second-order valence-electron chi connectivity index (χ2n) is 6.75. The molecule has 1 aromatic heterocycles. The molecule has 1 unspecified atom stereocenters. The largest absolute Gasteiger partial charge is 0.357 e. The third kappa shape index (κ3) is 5.05. The number of carbonyl (C=O) groups is 2. The molecule has 0 spiro atoms. The van der Waals surface area contributed by atoms with Crippen LogP contribution in [0.3, 0.4) is 0 Å². The van der Waals surface area contributed by atoms with Gasteiger partial charge in [0, 0.05) is 24.5 Å². The highest BCUT2D eigenvalue weighted by molar-refractivity contribution is 14.0. The Bertz CT molecular complexity index is 720. The van der Waals surface area contributed by atoms with Gasteiger partial charge in [0.1, 0.15) is 5.54 Å². The molecule has 0 saturated carbocycles. The summed E-state index contributed by atoms with van der Waals surface area (Å²) in [5.41, 5.74) is -0.813. The molecule has 27 heavy (non-hydrogen) atoms. The quantitative estimate of drug-likeness (QED) is 0.244. The van der Waals surface area contributed by atoms with Crippen LogP contribution in [-0.2, 0) is 11.3 Å². The van der Waals surface area contributed by atoms with Crippen molar-refractivity contribution in [2.75, 3.05) is 19.6 Å². The number of thiophene rings is 1. The highest BCUT2D eigenvalue weighted by atomic mass is 127. The SMILES string of the molecule is CCNC(=NCc1ccc(Cl)s1)N1CCC(C2(C)NC(=O)NC2=O)CC1.I. The van der Waals surface area contributed by atoms with Crippen LogP contribution in [0.4, 0.5) is 4.79 Å². The van der Waals surface area contributed by atoms with Crippen molar-refractivity contribution in [1.82, 2.24) is 20.9 Å². The summed E-state index contributed by atoms with van der Waals surface area (Å²) in [5, 5.41) is 8.48. The molecule has 3 amide bonds. The molecule has 1 atom stereocenters. The molecule has 150 valence electrons. The van der Waals surface area contributed by atoms with E-state index < -0.39 is 11.6 Å². The molecular weight excluding hydrogens is 501 g/mol. The van der Waals surface area contributed by atoms with Crippen molar-refractivity contribution >= 4 is 64.8 Å². The summed E-state index contributed by atoms with van der Waals surface area (Å²) in [6.45, 7) is 6.83. The second-order valence-corrected chi connectivity index (χ2v) is 8.55. The number of piperidine rings is 1. The van der Waals surface area contributed by atoms with Gasteiger partial charge in [-0.15, -0.1) is 35.3 Å². The summed E-state index contributed by atoms with van der Waals surface area (Å²) < 4.78 is 0.770. The Morgan fingerprint density at radius 2 is 2.11 bits per heavy atom. The minimum absolute atomic E-state index is 0. The van der Waals surface area contributed by atoms with Crippen LogP contribution in [0.15, 0.2) is 17.1 Å². The molecule has 2 aliphatic heterocycles. The van der Waals surface area contributed by atoms with Crippen molar-refractivity contribution in [2.24, 2.45) is 10.9 Å². The number of nitrogens with one attached hydrogen (secondary N) is 3. The maximum atomic E-state index is 12.1. The van der Waals surface area contributed by atoms with Crippen LogP contribution in [0.25, 0.3) is 0 Å². The first-order valence-corrected chi connectivity index (χ1v) is 10.0. The number of halogens is 2. The Kier molecular flexibility index (Phi) is 7.75. The van der Waals surface area contributed by atoms with E-state index in [4.69, 9.17) is 16.6 Å². The van der Waals surface area contributed by atoms with Crippen LogP contribution in [0.2, 0.25) is 4.34 Å². The van der Waals surface area contributed by atoms with Crippen LogP contribution < -0.4 is 16.0 Å². The van der Waals surface area contributed by atoms with E-state index in [1.165, 1.54) is 11.3 Å². The van der Waals surface area contributed by atoms with E-state index in [0.717, 1.165) is 47.6 Å². The Labute approximate surface area is 185 Å². The first kappa shape index (κ1) is 22.2. The van der Waals surface area contributed by atoms with Gasteiger partial charge in [0.2, 0.25) is 0 Å². The molecule has 0 bridgehead atoms. The van der Waals surface area contributed by atoms with Crippen LogP contribution >= 0.6 is 46.9 Å². The number of amides is 3. The Morgan fingerprint density at radius 3 is 2.63 bits per heavy atom. The van der Waals surface area contributed by atoms with E-state index in [9.17, 15) is 9.59 Å². The van der Waals surface area contributed by atoms with Crippen molar-refractivity contribution < 1.29 is 9.59 Å². The highest BCUT2D eigenvalue weighted by Crippen LogP contribution is 2.30. The lowest BCUT2D eigenvalue weighted by Gasteiger charge is -2.39. The molecular formula is C17H25ClIN5O2S. The molecule has 0 radical (unpaired) electrons. The Morgan fingerprint density at radius 1 is 1.41 bits per heavy atom. The average molecular weight is 526 g/mol. The molecule has 2 aliphatic rings. The molecule has 3 heterocycles.